The summed E-state index contributed by atoms with van der Waals surface area (Å²) in [6.07, 6.45) is 7.79. The molecule has 0 unspecified atom stereocenters. The highest BCUT2D eigenvalue weighted by atomic mass is 32.1. The predicted octanol–water partition coefficient (Wildman–Crippen LogP) is 2.94. The van der Waals surface area contributed by atoms with Crippen molar-refractivity contribution in [2.24, 2.45) is 5.92 Å². The SMILES string of the molecule is c1nc([C@H]2CCCO2)sc1CNc1nnc(CC2CC2)o1. The Morgan fingerprint density at radius 2 is 2.24 bits per heavy atom. The summed E-state index contributed by atoms with van der Waals surface area (Å²) >= 11 is 1.69. The summed E-state index contributed by atoms with van der Waals surface area (Å²) in [6.45, 7) is 1.51. The normalized spacial score (nSPS) is 21.8. The van der Waals surface area contributed by atoms with Crippen LogP contribution in [-0.2, 0) is 17.7 Å². The molecule has 1 aliphatic carbocycles. The summed E-state index contributed by atoms with van der Waals surface area (Å²) in [5.41, 5.74) is 0. The third-order valence-electron chi connectivity index (χ3n) is 3.82. The molecule has 0 radical (unpaired) electrons. The van der Waals surface area contributed by atoms with Crippen molar-refractivity contribution >= 4 is 17.4 Å². The number of aromatic nitrogens is 3. The molecule has 21 heavy (non-hydrogen) atoms. The van der Waals surface area contributed by atoms with Gasteiger partial charge in [0.1, 0.15) is 11.1 Å². The molecular formula is C14H18N4O2S. The first kappa shape index (κ1) is 13.2. The Balaban J connectivity index is 1.32. The van der Waals surface area contributed by atoms with Gasteiger partial charge in [0.15, 0.2) is 0 Å². The molecule has 2 aliphatic rings. The van der Waals surface area contributed by atoms with Crippen LogP contribution < -0.4 is 5.32 Å². The van der Waals surface area contributed by atoms with Crippen LogP contribution in [0.1, 0.15) is 47.6 Å². The van der Waals surface area contributed by atoms with Crippen LogP contribution in [0.2, 0.25) is 0 Å². The topological polar surface area (TPSA) is 73.1 Å². The zero-order valence-electron chi connectivity index (χ0n) is 11.7. The van der Waals surface area contributed by atoms with Gasteiger partial charge in [-0.25, -0.2) is 4.98 Å². The first-order valence-electron chi connectivity index (χ1n) is 7.49. The van der Waals surface area contributed by atoms with E-state index in [4.69, 9.17) is 9.15 Å². The van der Waals surface area contributed by atoms with Gasteiger partial charge >= 0.3 is 6.01 Å². The number of anilines is 1. The van der Waals surface area contributed by atoms with Gasteiger partial charge in [0.2, 0.25) is 5.89 Å². The van der Waals surface area contributed by atoms with Crippen LogP contribution in [0.3, 0.4) is 0 Å². The third-order valence-corrected chi connectivity index (χ3v) is 4.91. The number of nitrogens with one attached hydrogen (secondary N) is 1. The lowest BCUT2D eigenvalue weighted by Gasteiger charge is -2.03. The molecule has 7 heteroatoms. The molecule has 2 aromatic rings. The van der Waals surface area contributed by atoms with Crippen molar-refractivity contribution in [1.29, 1.82) is 0 Å². The van der Waals surface area contributed by atoms with E-state index in [1.807, 2.05) is 6.20 Å². The summed E-state index contributed by atoms with van der Waals surface area (Å²) in [4.78, 5) is 5.61. The Bertz CT molecular complexity index is 602. The standard InChI is InChI=1S/C14H18N4O2S/c1-2-11(19-5-1)13-15-7-10(21-13)8-16-14-18-17-12(20-14)6-9-3-4-9/h7,9,11H,1-6,8H2,(H,16,18)/t11-/m1/s1. The Morgan fingerprint density at radius 3 is 3.05 bits per heavy atom. The van der Waals surface area contributed by atoms with E-state index in [1.54, 1.807) is 11.3 Å². The highest BCUT2D eigenvalue weighted by Gasteiger charge is 2.24. The molecule has 6 nitrogen and oxygen atoms in total. The zero-order chi connectivity index (χ0) is 14.1. The minimum absolute atomic E-state index is 0.192. The Kier molecular flexibility index (Phi) is 3.60. The van der Waals surface area contributed by atoms with E-state index in [2.05, 4.69) is 20.5 Å². The van der Waals surface area contributed by atoms with Crippen molar-refractivity contribution in [3.8, 4) is 0 Å². The molecule has 1 atom stereocenters. The van der Waals surface area contributed by atoms with Crippen molar-refractivity contribution < 1.29 is 9.15 Å². The van der Waals surface area contributed by atoms with E-state index < -0.39 is 0 Å². The largest absolute Gasteiger partial charge is 0.408 e. The third kappa shape index (κ3) is 3.24. The second-order valence-corrected chi connectivity index (χ2v) is 6.82. The van der Waals surface area contributed by atoms with Crippen LogP contribution in [0.25, 0.3) is 0 Å². The van der Waals surface area contributed by atoms with Gasteiger partial charge in [-0.15, -0.1) is 16.4 Å². The molecule has 2 aromatic heterocycles. The Hall–Kier alpha value is -1.47. The van der Waals surface area contributed by atoms with E-state index in [0.717, 1.165) is 47.6 Å². The molecule has 3 heterocycles. The van der Waals surface area contributed by atoms with Crippen LogP contribution in [0.5, 0.6) is 0 Å². The summed E-state index contributed by atoms with van der Waals surface area (Å²) in [6, 6.07) is 0.498. The first-order chi connectivity index (χ1) is 10.4. The van der Waals surface area contributed by atoms with Crippen molar-refractivity contribution in [3.63, 3.8) is 0 Å². The van der Waals surface area contributed by atoms with Gasteiger partial charge in [0, 0.05) is 24.1 Å². The van der Waals surface area contributed by atoms with Gasteiger partial charge < -0.3 is 14.5 Å². The maximum Gasteiger partial charge on any atom is 0.315 e. The summed E-state index contributed by atoms with van der Waals surface area (Å²) in [7, 11) is 0. The molecule has 2 fully saturated rings. The minimum atomic E-state index is 0.192. The monoisotopic (exact) mass is 306 g/mol. The van der Waals surface area contributed by atoms with Crippen LogP contribution in [0, 0.1) is 5.92 Å². The van der Waals surface area contributed by atoms with E-state index in [-0.39, 0.29) is 6.10 Å². The minimum Gasteiger partial charge on any atom is -0.408 e. The lowest BCUT2D eigenvalue weighted by Crippen LogP contribution is -1.97. The number of thiazole rings is 1. The fourth-order valence-corrected chi connectivity index (χ4v) is 3.41. The van der Waals surface area contributed by atoms with Crippen LogP contribution in [0.15, 0.2) is 10.6 Å². The molecule has 0 bridgehead atoms. The van der Waals surface area contributed by atoms with Gasteiger partial charge in [0.05, 0.1) is 6.54 Å². The van der Waals surface area contributed by atoms with Gasteiger partial charge in [-0.05, 0) is 31.6 Å². The maximum absolute atomic E-state index is 5.65. The summed E-state index contributed by atoms with van der Waals surface area (Å²) < 4.78 is 11.2. The highest BCUT2D eigenvalue weighted by Crippen LogP contribution is 2.33. The van der Waals surface area contributed by atoms with Gasteiger partial charge in [-0.3, -0.25) is 0 Å². The Morgan fingerprint density at radius 1 is 1.29 bits per heavy atom. The molecule has 1 N–H and O–H groups in total. The number of hydrogen-bond acceptors (Lipinski definition) is 7. The highest BCUT2D eigenvalue weighted by molar-refractivity contribution is 7.11. The van der Waals surface area contributed by atoms with Crippen LogP contribution in [0.4, 0.5) is 6.01 Å². The predicted molar refractivity (Wildman–Crippen MR) is 78.1 cm³/mol. The number of rotatable bonds is 6. The van der Waals surface area contributed by atoms with E-state index in [0.29, 0.717) is 12.6 Å². The number of nitrogens with zero attached hydrogens (tertiary/aromatic N) is 3. The van der Waals surface area contributed by atoms with Crippen molar-refractivity contribution in [3.05, 3.63) is 22.0 Å². The summed E-state index contributed by atoms with van der Waals surface area (Å²) in [5, 5.41) is 12.3. The molecule has 0 amide bonds. The smallest absolute Gasteiger partial charge is 0.315 e. The molecule has 1 aliphatic heterocycles. The van der Waals surface area contributed by atoms with E-state index in [1.165, 1.54) is 12.8 Å². The lowest BCUT2D eigenvalue weighted by molar-refractivity contribution is 0.111. The van der Waals surface area contributed by atoms with E-state index >= 15 is 0 Å². The second-order valence-electron chi connectivity index (χ2n) is 5.67. The molecule has 1 saturated heterocycles. The molecule has 4 rings (SSSR count). The van der Waals surface area contributed by atoms with Crippen molar-refractivity contribution in [1.82, 2.24) is 15.2 Å². The fraction of sp³-hybridized carbons (Fsp3) is 0.643. The molecule has 0 spiro atoms. The fourth-order valence-electron chi connectivity index (χ4n) is 2.46. The second kappa shape index (κ2) is 5.73. The Labute approximate surface area is 126 Å². The number of hydrogen-bond donors (Lipinski definition) is 1. The summed E-state index contributed by atoms with van der Waals surface area (Å²) in [5.74, 6) is 1.50. The van der Waals surface area contributed by atoms with Crippen LogP contribution in [-0.4, -0.2) is 21.8 Å². The quantitative estimate of drug-likeness (QED) is 0.884. The van der Waals surface area contributed by atoms with Crippen molar-refractivity contribution in [2.75, 3.05) is 11.9 Å². The average molecular weight is 306 g/mol. The number of ether oxygens (including phenoxy) is 1. The molecule has 112 valence electrons. The molecular weight excluding hydrogens is 288 g/mol. The van der Waals surface area contributed by atoms with Gasteiger partial charge in [0.25, 0.3) is 0 Å². The van der Waals surface area contributed by atoms with E-state index in [9.17, 15) is 0 Å². The lowest BCUT2D eigenvalue weighted by atomic mass is 10.2. The first-order valence-corrected chi connectivity index (χ1v) is 8.31. The van der Waals surface area contributed by atoms with Crippen LogP contribution >= 0.6 is 11.3 Å². The van der Waals surface area contributed by atoms with Gasteiger partial charge in [-0.2, -0.15) is 0 Å². The van der Waals surface area contributed by atoms with Gasteiger partial charge in [-0.1, -0.05) is 5.10 Å². The molecule has 1 saturated carbocycles. The maximum atomic E-state index is 5.65. The zero-order valence-corrected chi connectivity index (χ0v) is 12.6. The van der Waals surface area contributed by atoms with Crippen molar-refractivity contribution in [2.45, 2.75) is 44.8 Å². The molecule has 0 aromatic carbocycles. The average Bonchev–Trinajstić information content (AvgIpc) is 2.94.